The number of guanidine groups is 1. The Morgan fingerprint density at radius 2 is 1.95 bits per heavy atom. The number of benzene rings is 1. The highest BCUT2D eigenvalue weighted by Crippen LogP contribution is 2.17. The minimum Gasteiger partial charge on any atom is -0.380 e. The molecule has 0 aliphatic heterocycles. The molecular formula is C16H27N3OS. The quantitative estimate of drug-likeness (QED) is 0.319. The molecule has 2 N–H and O–H groups in total. The van der Waals surface area contributed by atoms with E-state index in [9.17, 15) is 0 Å². The van der Waals surface area contributed by atoms with Crippen LogP contribution >= 0.6 is 11.8 Å². The SMILES string of the molecule is CCNC(=NCCOCC)NCCSc1ccc(C)cc1. The van der Waals surface area contributed by atoms with Crippen LogP contribution in [0.1, 0.15) is 19.4 Å². The summed E-state index contributed by atoms with van der Waals surface area (Å²) in [4.78, 5) is 5.77. The fourth-order valence-corrected chi connectivity index (χ4v) is 2.45. The molecule has 0 radical (unpaired) electrons. The maximum Gasteiger partial charge on any atom is 0.191 e. The average molecular weight is 309 g/mol. The summed E-state index contributed by atoms with van der Waals surface area (Å²) in [5, 5.41) is 6.58. The lowest BCUT2D eigenvalue weighted by Gasteiger charge is -2.11. The van der Waals surface area contributed by atoms with Crippen molar-refractivity contribution in [1.82, 2.24) is 10.6 Å². The standard InChI is InChI=1S/C16H27N3OS/c1-4-17-16(18-10-12-20-5-2)19-11-13-21-15-8-6-14(3)7-9-15/h6-9H,4-5,10-13H2,1-3H3,(H2,17,18,19). The molecule has 4 nitrogen and oxygen atoms in total. The first-order chi connectivity index (χ1) is 10.3. The van der Waals surface area contributed by atoms with Gasteiger partial charge in [-0.05, 0) is 32.9 Å². The Kier molecular flexibility index (Phi) is 9.74. The Morgan fingerprint density at radius 3 is 2.62 bits per heavy atom. The molecule has 0 saturated heterocycles. The summed E-state index contributed by atoms with van der Waals surface area (Å²) in [5.41, 5.74) is 1.30. The van der Waals surface area contributed by atoms with Gasteiger partial charge in [0, 0.05) is 30.3 Å². The number of ether oxygens (including phenoxy) is 1. The lowest BCUT2D eigenvalue weighted by Crippen LogP contribution is -2.38. The Balaban J connectivity index is 2.24. The zero-order valence-corrected chi connectivity index (χ0v) is 14.1. The largest absolute Gasteiger partial charge is 0.380 e. The van der Waals surface area contributed by atoms with Crippen LogP contribution in [0.5, 0.6) is 0 Å². The van der Waals surface area contributed by atoms with Gasteiger partial charge in [0.05, 0.1) is 13.2 Å². The van der Waals surface area contributed by atoms with E-state index >= 15 is 0 Å². The summed E-state index contributed by atoms with van der Waals surface area (Å²) in [6.45, 7) is 10.0. The van der Waals surface area contributed by atoms with Crippen molar-refractivity contribution >= 4 is 17.7 Å². The molecule has 1 aromatic carbocycles. The van der Waals surface area contributed by atoms with Crippen molar-refractivity contribution in [2.24, 2.45) is 4.99 Å². The van der Waals surface area contributed by atoms with Crippen molar-refractivity contribution in [3.05, 3.63) is 29.8 Å². The topological polar surface area (TPSA) is 45.7 Å². The summed E-state index contributed by atoms with van der Waals surface area (Å²) in [5.74, 6) is 1.88. The molecule has 0 bridgehead atoms. The van der Waals surface area contributed by atoms with Crippen LogP contribution in [-0.4, -0.2) is 44.6 Å². The van der Waals surface area contributed by atoms with Gasteiger partial charge in [-0.3, -0.25) is 4.99 Å². The van der Waals surface area contributed by atoms with Crippen LogP contribution in [0.4, 0.5) is 0 Å². The van der Waals surface area contributed by atoms with E-state index in [-0.39, 0.29) is 0 Å². The van der Waals surface area contributed by atoms with Crippen LogP contribution in [0, 0.1) is 6.92 Å². The highest BCUT2D eigenvalue weighted by molar-refractivity contribution is 7.99. The Bertz CT molecular complexity index is 406. The molecule has 0 fully saturated rings. The number of rotatable bonds is 9. The van der Waals surface area contributed by atoms with Crippen LogP contribution in [0.2, 0.25) is 0 Å². The fourth-order valence-electron chi connectivity index (χ4n) is 1.68. The van der Waals surface area contributed by atoms with E-state index < -0.39 is 0 Å². The van der Waals surface area contributed by atoms with Crippen molar-refractivity contribution in [3.8, 4) is 0 Å². The molecule has 0 aliphatic carbocycles. The van der Waals surface area contributed by atoms with Crippen molar-refractivity contribution in [2.45, 2.75) is 25.7 Å². The van der Waals surface area contributed by atoms with Crippen molar-refractivity contribution in [1.29, 1.82) is 0 Å². The molecule has 118 valence electrons. The van der Waals surface area contributed by atoms with Gasteiger partial charge in [-0.15, -0.1) is 11.8 Å². The maximum atomic E-state index is 5.29. The minimum absolute atomic E-state index is 0.672. The molecule has 0 saturated carbocycles. The second-order valence-electron chi connectivity index (χ2n) is 4.55. The molecule has 0 spiro atoms. The molecule has 1 rings (SSSR count). The summed E-state index contributed by atoms with van der Waals surface area (Å²) in [7, 11) is 0. The predicted octanol–water partition coefficient (Wildman–Crippen LogP) is 2.68. The normalized spacial score (nSPS) is 11.5. The van der Waals surface area contributed by atoms with E-state index in [0.717, 1.165) is 31.4 Å². The van der Waals surface area contributed by atoms with Gasteiger partial charge in [0.1, 0.15) is 0 Å². The third-order valence-electron chi connectivity index (χ3n) is 2.74. The third kappa shape index (κ3) is 8.63. The first-order valence-corrected chi connectivity index (χ1v) is 8.54. The lowest BCUT2D eigenvalue weighted by atomic mass is 10.2. The zero-order chi connectivity index (χ0) is 15.3. The number of aliphatic imine (C=N–C) groups is 1. The summed E-state index contributed by atoms with van der Waals surface area (Å²) < 4.78 is 5.29. The van der Waals surface area contributed by atoms with Crippen LogP contribution < -0.4 is 10.6 Å². The first kappa shape index (κ1) is 17.9. The molecular weight excluding hydrogens is 282 g/mol. The van der Waals surface area contributed by atoms with E-state index in [1.54, 1.807) is 0 Å². The highest BCUT2D eigenvalue weighted by atomic mass is 32.2. The van der Waals surface area contributed by atoms with Crippen LogP contribution in [-0.2, 0) is 4.74 Å². The van der Waals surface area contributed by atoms with Gasteiger partial charge in [0.25, 0.3) is 0 Å². The number of thioether (sulfide) groups is 1. The van der Waals surface area contributed by atoms with Gasteiger partial charge in [-0.25, -0.2) is 0 Å². The summed E-state index contributed by atoms with van der Waals surface area (Å²) in [6, 6.07) is 8.63. The van der Waals surface area contributed by atoms with Crippen LogP contribution in [0.15, 0.2) is 34.2 Å². The number of aryl methyl sites for hydroxylation is 1. The number of nitrogens with one attached hydrogen (secondary N) is 2. The number of hydrogen-bond acceptors (Lipinski definition) is 3. The fraction of sp³-hybridized carbons (Fsp3) is 0.562. The van der Waals surface area contributed by atoms with Crippen molar-refractivity contribution in [2.75, 3.05) is 38.6 Å². The highest BCUT2D eigenvalue weighted by Gasteiger charge is 1.97. The molecule has 5 heteroatoms. The van der Waals surface area contributed by atoms with Crippen LogP contribution in [0.3, 0.4) is 0 Å². The van der Waals surface area contributed by atoms with Gasteiger partial charge >= 0.3 is 0 Å². The number of hydrogen-bond donors (Lipinski definition) is 2. The Hall–Kier alpha value is -1.20. The first-order valence-electron chi connectivity index (χ1n) is 7.55. The molecule has 0 aliphatic rings. The summed E-state index contributed by atoms with van der Waals surface area (Å²) >= 11 is 1.85. The monoisotopic (exact) mass is 309 g/mol. The Labute approximate surface area is 132 Å². The van der Waals surface area contributed by atoms with Crippen molar-refractivity contribution < 1.29 is 4.74 Å². The second kappa shape index (κ2) is 11.5. The van der Waals surface area contributed by atoms with Gasteiger partial charge in [-0.1, -0.05) is 17.7 Å². The Morgan fingerprint density at radius 1 is 1.19 bits per heavy atom. The van der Waals surface area contributed by atoms with E-state index in [4.69, 9.17) is 4.74 Å². The molecule has 0 amide bonds. The van der Waals surface area contributed by atoms with Crippen LogP contribution in [0.25, 0.3) is 0 Å². The predicted molar refractivity (Wildman–Crippen MR) is 92.4 cm³/mol. The van der Waals surface area contributed by atoms with Gasteiger partial charge in [0.15, 0.2) is 5.96 Å². The zero-order valence-electron chi connectivity index (χ0n) is 13.3. The van der Waals surface area contributed by atoms with Gasteiger partial charge < -0.3 is 15.4 Å². The van der Waals surface area contributed by atoms with E-state index in [1.807, 2.05) is 18.7 Å². The number of nitrogens with zero attached hydrogens (tertiary/aromatic N) is 1. The minimum atomic E-state index is 0.672. The van der Waals surface area contributed by atoms with E-state index in [2.05, 4.69) is 53.7 Å². The molecule has 0 atom stereocenters. The molecule has 1 aromatic rings. The molecule has 0 heterocycles. The maximum absolute atomic E-state index is 5.29. The molecule has 0 unspecified atom stereocenters. The van der Waals surface area contributed by atoms with Crippen molar-refractivity contribution in [3.63, 3.8) is 0 Å². The molecule has 21 heavy (non-hydrogen) atoms. The van der Waals surface area contributed by atoms with Gasteiger partial charge in [-0.2, -0.15) is 0 Å². The summed E-state index contributed by atoms with van der Waals surface area (Å²) in [6.07, 6.45) is 0. The average Bonchev–Trinajstić information content (AvgIpc) is 2.49. The second-order valence-corrected chi connectivity index (χ2v) is 5.71. The molecule has 0 aromatic heterocycles. The smallest absolute Gasteiger partial charge is 0.191 e. The van der Waals surface area contributed by atoms with E-state index in [0.29, 0.717) is 13.2 Å². The third-order valence-corrected chi connectivity index (χ3v) is 3.75. The van der Waals surface area contributed by atoms with Gasteiger partial charge in [0.2, 0.25) is 0 Å². The van der Waals surface area contributed by atoms with E-state index in [1.165, 1.54) is 10.5 Å². The lowest BCUT2D eigenvalue weighted by molar-refractivity contribution is 0.155.